The highest BCUT2D eigenvalue weighted by atomic mass is 15.1. The first-order valence-corrected chi connectivity index (χ1v) is 5.05. The van der Waals surface area contributed by atoms with Crippen LogP contribution in [0.2, 0.25) is 0 Å². The molecular weight excluding hydrogens is 160 g/mol. The van der Waals surface area contributed by atoms with Crippen LogP contribution in [0.25, 0.3) is 5.70 Å². The second-order valence-corrected chi connectivity index (χ2v) is 3.61. The van der Waals surface area contributed by atoms with Gasteiger partial charge >= 0.3 is 0 Å². The van der Waals surface area contributed by atoms with Crippen LogP contribution in [0.3, 0.4) is 0 Å². The number of hydrogen-bond acceptors (Lipinski definition) is 1. The van der Waals surface area contributed by atoms with E-state index in [1.165, 1.54) is 30.8 Å². The molecule has 1 aliphatic rings. The maximum Gasteiger partial charge on any atom is 0.112 e. The number of aryl methyl sites for hydroxylation is 2. The Morgan fingerprint density at radius 3 is 3.00 bits per heavy atom. The van der Waals surface area contributed by atoms with Gasteiger partial charge in [-0.25, -0.2) is 4.98 Å². The van der Waals surface area contributed by atoms with Gasteiger partial charge in [-0.05, 0) is 26.2 Å². The molecule has 1 aliphatic carbocycles. The maximum atomic E-state index is 4.50. The molecule has 1 aromatic rings. The summed E-state index contributed by atoms with van der Waals surface area (Å²) < 4.78 is 2.27. The molecule has 0 spiro atoms. The molecule has 0 fully saturated rings. The summed E-state index contributed by atoms with van der Waals surface area (Å²) >= 11 is 0. The molecule has 70 valence electrons. The van der Waals surface area contributed by atoms with Crippen molar-refractivity contribution < 1.29 is 0 Å². The van der Waals surface area contributed by atoms with Crippen molar-refractivity contribution in [1.82, 2.24) is 9.55 Å². The molecule has 0 atom stereocenters. The van der Waals surface area contributed by atoms with Crippen LogP contribution in [0.4, 0.5) is 0 Å². The van der Waals surface area contributed by atoms with Crippen LogP contribution in [0, 0.1) is 6.92 Å². The van der Waals surface area contributed by atoms with E-state index in [9.17, 15) is 0 Å². The Bertz CT molecular complexity index is 334. The number of rotatable bonds is 2. The molecule has 0 amide bonds. The van der Waals surface area contributed by atoms with Crippen LogP contribution in [-0.4, -0.2) is 9.55 Å². The zero-order chi connectivity index (χ0) is 9.26. The number of nitrogens with zero attached hydrogens (tertiary/aromatic N) is 2. The Kier molecular flexibility index (Phi) is 2.21. The van der Waals surface area contributed by atoms with Crippen molar-refractivity contribution in [3.8, 4) is 0 Å². The SMILES string of the molecule is CCc1nc(C)cn1C1=CCCC1. The summed E-state index contributed by atoms with van der Waals surface area (Å²) in [6.07, 6.45) is 9.25. The van der Waals surface area contributed by atoms with Gasteiger partial charge in [-0.15, -0.1) is 0 Å². The van der Waals surface area contributed by atoms with Gasteiger partial charge in [-0.2, -0.15) is 0 Å². The van der Waals surface area contributed by atoms with E-state index in [4.69, 9.17) is 0 Å². The van der Waals surface area contributed by atoms with Crippen molar-refractivity contribution in [1.29, 1.82) is 0 Å². The Morgan fingerprint density at radius 2 is 2.38 bits per heavy atom. The molecule has 1 aromatic heterocycles. The number of allylic oxidation sites excluding steroid dienone is 2. The fourth-order valence-corrected chi connectivity index (χ4v) is 1.92. The van der Waals surface area contributed by atoms with E-state index in [0.717, 1.165) is 12.1 Å². The lowest BCUT2D eigenvalue weighted by Gasteiger charge is -2.05. The van der Waals surface area contributed by atoms with E-state index < -0.39 is 0 Å². The standard InChI is InChI=1S/C11H16N2/c1-3-11-12-9(2)8-13(11)10-6-4-5-7-10/h6,8H,3-5,7H2,1-2H3. The summed E-state index contributed by atoms with van der Waals surface area (Å²) in [6, 6.07) is 0. The molecular formula is C11H16N2. The Morgan fingerprint density at radius 1 is 1.54 bits per heavy atom. The van der Waals surface area contributed by atoms with E-state index in [2.05, 4.69) is 35.7 Å². The summed E-state index contributed by atoms with van der Waals surface area (Å²) in [5.74, 6) is 1.20. The molecule has 0 saturated carbocycles. The summed E-state index contributed by atoms with van der Waals surface area (Å²) in [6.45, 7) is 4.22. The van der Waals surface area contributed by atoms with Crippen molar-refractivity contribution in [3.63, 3.8) is 0 Å². The van der Waals surface area contributed by atoms with Crippen LogP contribution < -0.4 is 0 Å². The van der Waals surface area contributed by atoms with Gasteiger partial charge in [0, 0.05) is 18.3 Å². The van der Waals surface area contributed by atoms with Gasteiger partial charge in [0.05, 0.1) is 5.69 Å². The third-order valence-corrected chi connectivity index (χ3v) is 2.54. The molecule has 1 heterocycles. The first-order valence-electron chi connectivity index (χ1n) is 5.05. The predicted molar refractivity (Wildman–Crippen MR) is 54.5 cm³/mol. The van der Waals surface area contributed by atoms with Crippen LogP contribution in [0.1, 0.15) is 37.7 Å². The highest BCUT2D eigenvalue weighted by Crippen LogP contribution is 2.24. The summed E-state index contributed by atoms with van der Waals surface area (Å²) in [4.78, 5) is 4.50. The highest BCUT2D eigenvalue weighted by molar-refractivity contribution is 5.49. The van der Waals surface area contributed by atoms with Crippen molar-refractivity contribution in [2.45, 2.75) is 39.5 Å². The number of imidazole rings is 1. The van der Waals surface area contributed by atoms with E-state index in [-0.39, 0.29) is 0 Å². The van der Waals surface area contributed by atoms with Gasteiger partial charge in [-0.1, -0.05) is 13.0 Å². The Hall–Kier alpha value is -1.05. The monoisotopic (exact) mass is 176 g/mol. The van der Waals surface area contributed by atoms with E-state index >= 15 is 0 Å². The topological polar surface area (TPSA) is 17.8 Å². The van der Waals surface area contributed by atoms with Crippen molar-refractivity contribution in [3.05, 3.63) is 23.8 Å². The Balaban J connectivity index is 2.37. The highest BCUT2D eigenvalue weighted by Gasteiger charge is 2.10. The molecule has 0 aliphatic heterocycles. The van der Waals surface area contributed by atoms with Gasteiger partial charge in [0.15, 0.2) is 0 Å². The number of hydrogen-bond donors (Lipinski definition) is 0. The summed E-state index contributed by atoms with van der Waals surface area (Å²) in [5, 5.41) is 0. The third kappa shape index (κ3) is 1.53. The van der Waals surface area contributed by atoms with Crippen molar-refractivity contribution in [2.75, 3.05) is 0 Å². The molecule has 0 radical (unpaired) electrons. The van der Waals surface area contributed by atoms with Gasteiger partial charge < -0.3 is 4.57 Å². The minimum absolute atomic E-state index is 1.02. The van der Waals surface area contributed by atoms with Crippen molar-refractivity contribution in [2.24, 2.45) is 0 Å². The normalized spacial score (nSPS) is 16.3. The summed E-state index contributed by atoms with van der Waals surface area (Å²) in [7, 11) is 0. The fraction of sp³-hybridized carbons (Fsp3) is 0.545. The lowest BCUT2D eigenvalue weighted by Crippen LogP contribution is -1.98. The quantitative estimate of drug-likeness (QED) is 0.677. The molecule has 0 aromatic carbocycles. The first kappa shape index (κ1) is 8.54. The molecule has 13 heavy (non-hydrogen) atoms. The van der Waals surface area contributed by atoms with Crippen LogP contribution in [-0.2, 0) is 6.42 Å². The largest absolute Gasteiger partial charge is 0.308 e. The minimum Gasteiger partial charge on any atom is -0.308 e. The molecule has 0 N–H and O–H groups in total. The summed E-state index contributed by atoms with van der Waals surface area (Å²) in [5.41, 5.74) is 2.57. The average Bonchev–Trinajstić information content (AvgIpc) is 2.71. The second kappa shape index (κ2) is 3.36. The zero-order valence-electron chi connectivity index (χ0n) is 8.38. The predicted octanol–water partition coefficient (Wildman–Crippen LogP) is 2.78. The van der Waals surface area contributed by atoms with Gasteiger partial charge in [-0.3, -0.25) is 0 Å². The smallest absolute Gasteiger partial charge is 0.112 e. The van der Waals surface area contributed by atoms with Gasteiger partial charge in [0.25, 0.3) is 0 Å². The van der Waals surface area contributed by atoms with E-state index in [1.54, 1.807) is 0 Å². The molecule has 0 unspecified atom stereocenters. The first-order chi connectivity index (χ1) is 6.31. The molecule has 2 nitrogen and oxygen atoms in total. The van der Waals surface area contributed by atoms with Crippen LogP contribution in [0.5, 0.6) is 0 Å². The van der Waals surface area contributed by atoms with Crippen LogP contribution >= 0.6 is 0 Å². The second-order valence-electron chi connectivity index (χ2n) is 3.61. The van der Waals surface area contributed by atoms with Gasteiger partial charge in [0.2, 0.25) is 0 Å². The maximum absolute atomic E-state index is 4.50. The van der Waals surface area contributed by atoms with Gasteiger partial charge in [0.1, 0.15) is 5.82 Å². The van der Waals surface area contributed by atoms with Crippen LogP contribution in [0.15, 0.2) is 12.3 Å². The Labute approximate surface area is 79.3 Å². The molecule has 2 heteroatoms. The zero-order valence-corrected chi connectivity index (χ0v) is 8.38. The lowest BCUT2D eigenvalue weighted by atomic mass is 10.3. The van der Waals surface area contributed by atoms with E-state index in [0.29, 0.717) is 0 Å². The lowest BCUT2D eigenvalue weighted by molar-refractivity contribution is 0.858. The minimum atomic E-state index is 1.02. The third-order valence-electron chi connectivity index (χ3n) is 2.54. The molecule has 0 saturated heterocycles. The number of aromatic nitrogens is 2. The average molecular weight is 176 g/mol. The molecule has 2 rings (SSSR count). The molecule has 0 bridgehead atoms. The van der Waals surface area contributed by atoms with E-state index in [1.807, 2.05) is 0 Å². The van der Waals surface area contributed by atoms with Crippen molar-refractivity contribution >= 4 is 5.70 Å². The fourth-order valence-electron chi connectivity index (χ4n) is 1.92.